The second-order valence-electron chi connectivity index (χ2n) is 5.37. The van der Waals surface area contributed by atoms with Crippen LogP contribution in [0.4, 0.5) is 0 Å². The van der Waals surface area contributed by atoms with Gasteiger partial charge in [-0.05, 0) is 44.2 Å². The molecule has 1 aromatic carbocycles. The van der Waals surface area contributed by atoms with E-state index in [0.29, 0.717) is 6.04 Å². The van der Waals surface area contributed by atoms with E-state index in [1.165, 1.54) is 16.0 Å². The van der Waals surface area contributed by atoms with Crippen LogP contribution in [0.25, 0.3) is 0 Å². The van der Waals surface area contributed by atoms with Crippen LogP contribution < -0.4 is 5.32 Å². The van der Waals surface area contributed by atoms with Gasteiger partial charge in [0.2, 0.25) is 0 Å². The molecule has 0 aliphatic rings. The van der Waals surface area contributed by atoms with Gasteiger partial charge < -0.3 is 9.73 Å². The molecule has 0 unspecified atom stereocenters. The third kappa shape index (κ3) is 3.87. The van der Waals surface area contributed by atoms with Crippen molar-refractivity contribution >= 4 is 11.8 Å². The molecular formula is C16H22N2OS. The van der Waals surface area contributed by atoms with Crippen LogP contribution >= 0.6 is 11.8 Å². The molecule has 0 atom stereocenters. The van der Waals surface area contributed by atoms with Gasteiger partial charge in [0.1, 0.15) is 5.76 Å². The summed E-state index contributed by atoms with van der Waals surface area (Å²) < 4.78 is 5.66. The van der Waals surface area contributed by atoms with Gasteiger partial charge >= 0.3 is 0 Å². The summed E-state index contributed by atoms with van der Waals surface area (Å²) in [4.78, 5) is 5.64. The Morgan fingerprint density at radius 2 is 2.00 bits per heavy atom. The van der Waals surface area contributed by atoms with E-state index in [0.717, 1.165) is 23.2 Å². The summed E-state index contributed by atoms with van der Waals surface area (Å²) in [6.45, 7) is 11.2. The van der Waals surface area contributed by atoms with Gasteiger partial charge in [0, 0.05) is 17.5 Å². The SMILES string of the molecule is Cc1ccc(Sc2nc(C)c(C)o2)c(CNC(C)C)c1. The molecule has 2 rings (SSSR count). The second-order valence-corrected chi connectivity index (χ2v) is 6.36. The van der Waals surface area contributed by atoms with Crippen LogP contribution in [0.15, 0.2) is 32.7 Å². The monoisotopic (exact) mass is 290 g/mol. The van der Waals surface area contributed by atoms with Gasteiger partial charge in [-0.15, -0.1) is 0 Å². The van der Waals surface area contributed by atoms with Crippen LogP contribution in [0.2, 0.25) is 0 Å². The summed E-state index contributed by atoms with van der Waals surface area (Å²) in [7, 11) is 0. The normalized spacial score (nSPS) is 11.3. The Labute approximate surface area is 125 Å². The average Bonchev–Trinajstić information content (AvgIpc) is 2.68. The van der Waals surface area contributed by atoms with Crippen molar-refractivity contribution in [3.8, 4) is 0 Å². The van der Waals surface area contributed by atoms with E-state index in [4.69, 9.17) is 4.42 Å². The first-order chi connectivity index (χ1) is 9.45. The van der Waals surface area contributed by atoms with Crippen LogP contribution in [0.5, 0.6) is 0 Å². The van der Waals surface area contributed by atoms with Crippen molar-refractivity contribution < 1.29 is 4.42 Å². The fourth-order valence-corrected chi connectivity index (χ4v) is 2.78. The number of aromatic nitrogens is 1. The molecule has 20 heavy (non-hydrogen) atoms. The molecule has 0 aliphatic carbocycles. The number of oxazole rings is 1. The Balaban J connectivity index is 2.21. The second kappa shape index (κ2) is 6.46. The smallest absolute Gasteiger partial charge is 0.261 e. The van der Waals surface area contributed by atoms with Crippen LogP contribution in [0, 0.1) is 20.8 Å². The summed E-state index contributed by atoms with van der Waals surface area (Å²) in [5.74, 6) is 0.890. The lowest BCUT2D eigenvalue weighted by Gasteiger charge is -2.12. The minimum absolute atomic E-state index is 0.472. The quantitative estimate of drug-likeness (QED) is 0.893. The molecule has 0 fully saturated rings. The molecule has 1 aromatic heterocycles. The van der Waals surface area contributed by atoms with Crippen molar-refractivity contribution in [1.82, 2.24) is 10.3 Å². The molecular weight excluding hydrogens is 268 g/mol. The van der Waals surface area contributed by atoms with Crippen molar-refractivity contribution in [2.45, 2.75) is 57.3 Å². The molecule has 0 bridgehead atoms. The van der Waals surface area contributed by atoms with Gasteiger partial charge in [0.15, 0.2) is 0 Å². The Bertz CT molecular complexity index is 571. The minimum Gasteiger partial charge on any atom is -0.436 e. The Morgan fingerprint density at radius 1 is 1.25 bits per heavy atom. The van der Waals surface area contributed by atoms with Gasteiger partial charge in [0.05, 0.1) is 5.69 Å². The zero-order chi connectivity index (χ0) is 14.7. The zero-order valence-corrected chi connectivity index (χ0v) is 13.6. The summed E-state index contributed by atoms with van der Waals surface area (Å²) >= 11 is 1.59. The molecule has 1 N–H and O–H groups in total. The van der Waals surface area contributed by atoms with Crippen molar-refractivity contribution in [1.29, 1.82) is 0 Å². The highest BCUT2D eigenvalue weighted by molar-refractivity contribution is 7.99. The first kappa shape index (κ1) is 15.1. The first-order valence-electron chi connectivity index (χ1n) is 6.90. The van der Waals surface area contributed by atoms with Crippen LogP contribution in [-0.4, -0.2) is 11.0 Å². The predicted molar refractivity (Wildman–Crippen MR) is 83.3 cm³/mol. The number of benzene rings is 1. The van der Waals surface area contributed by atoms with Gasteiger partial charge in [0.25, 0.3) is 5.22 Å². The number of nitrogens with one attached hydrogen (secondary N) is 1. The maximum Gasteiger partial charge on any atom is 0.261 e. The van der Waals surface area contributed by atoms with Crippen LogP contribution in [-0.2, 0) is 6.54 Å². The van der Waals surface area contributed by atoms with E-state index < -0.39 is 0 Å². The zero-order valence-electron chi connectivity index (χ0n) is 12.8. The molecule has 0 saturated carbocycles. The average molecular weight is 290 g/mol. The molecule has 2 aromatic rings. The lowest BCUT2D eigenvalue weighted by atomic mass is 10.1. The molecule has 1 heterocycles. The van der Waals surface area contributed by atoms with E-state index in [1.807, 2.05) is 13.8 Å². The van der Waals surface area contributed by atoms with Gasteiger partial charge in [-0.3, -0.25) is 0 Å². The lowest BCUT2D eigenvalue weighted by Crippen LogP contribution is -2.22. The van der Waals surface area contributed by atoms with E-state index >= 15 is 0 Å². The topological polar surface area (TPSA) is 38.1 Å². The summed E-state index contributed by atoms with van der Waals surface area (Å²) in [6.07, 6.45) is 0. The molecule has 0 amide bonds. The van der Waals surface area contributed by atoms with E-state index in [-0.39, 0.29) is 0 Å². The van der Waals surface area contributed by atoms with Crippen LogP contribution in [0.1, 0.15) is 36.4 Å². The van der Waals surface area contributed by atoms with Crippen LogP contribution in [0.3, 0.4) is 0 Å². The Hall–Kier alpha value is -1.26. The predicted octanol–water partition coefficient (Wildman–Crippen LogP) is 4.25. The fraction of sp³-hybridized carbons (Fsp3) is 0.438. The summed E-state index contributed by atoms with van der Waals surface area (Å²) in [6, 6.07) is 6.97. The maximum absolute atomic E-state index is 5.66. The minimum atomic E-state index is 0.472. The number of nitrogens with zero attached hydrogens (tertiary/aromatic N) is 1. The molecule has 0 saturated heterocycles. The molecule has 0 radical (unpaired) electrons. The maximum atomic E-state index is 5.66. The van der Waals surface area contributed by atoms with Crippen molar-refractivity contribution in [3.05, 3.63) is 40.8 Å². The van der Waals surface area contributed by atoms with E-state index in [9.17, 15) is 0 Å². The highest BCUT2D eigenvalue weighted by Gasteiger charge is 2.11. The number of rotatable bonds is 5. The number of hydrogen-bond donors (Lipinski definition) is 1. The molecule has 4 heteroatoms. The number of aryl methyl sites for hydroxylation is 3. The molecule has 0 spiro atoms. The largest absolute Gasteiger partial charge is 0.436 e. The third-order valence-corrected chi connectivity index (χ3v) is 4.09. The Kier molecular flexibility index (Phi) is 4.89. The van der Waals surface area contributed by atoms with Crippen molar-refractivity contribution in [3.63, 3.8) is 0 Å². The highest BCUT2D eigenvalue weighted by atomic mass is 32.2. The Morgan fingerprint density at radius 3 is 2.60 bits per heavy atom. The van der Waals surface area contributed by atoms with E-state index in [2.05, 4.69) is 49.3 Å². The molecule has 108 valence electrons. The van der Waals surface area contributed by atoms with Crippen molar-refractivity contribution in [2.24, 2.45) is 0 Å². The van der Waals surface area contributed by atoms with Gasteiger partial charge in [-0.25, -0.2) is 4.98 Å². The van der Waals surface area contributed by atoms with Gasteiger partial charge in [-0.1, -0.05) is 31.5 Å². The molecule has 0 aliphatic heterocycles. The van der Waals surface area contributed by atoms with Crippen molar-refractivity contribution in [2.75, 3.05) is 0 Å². The standard InChI is InChI=1S/C16H22N2OS/c1-10(2)17-9-14-8-11(3)6-7-15(14)20-16-18-12(4)13(5)19-16/h6-8,10,17H,9H2,1-5H3. The summed E-state index contributed by atoms with van der Waals surface area (Å²) in [5, 5.41) is 4.18. The first-order valence-corrected chi connectivity index (χ1v) is 7.72. The fourth-order valence-electron chi connectivity index (χ4n) is 1.84. The lowest BCUT2D eigenvalue weighted by molar-refractivity contribution is 0.431. The van der Waals surface area contributed by atoms with Gasteiger partial charge in [-0.2, -0.15) is 0 Å². The summed E-state index contributed by atoms with van der Waals surface area (Å²) in [5.41, 5.74) is 3.52. The highest BCUT2D eigenvalue weighted by Crippen LogP contribution is 2.31. The van der Waals surface area contributed by atoms with E-state index in [1.54, 1.807) is 11.8 Å². The number of hydrogen-bond acceptors (Lipinski definition) is 4. The molecule has 3 nitrogen and oxygen atoms in total. The third-order valence-electron chi connectivity index (χ3n) is 3.12.